The van der Waals surface area contributed by atoms with E-state index in [2.05, 4.69) is 18.7 Å². The molecule has 186 valence electrons. The molecule has 0 amide bonds. The topological polar surface area (TPSA) is 3.24 Å². The van der Waals surface area contributed by atoms with Gasteiger partial charge in [0.2, 0.25) is 0 Å². The van der Waals surface area contributed by atoms with Gasteiger partial charge in [0, 0.05) is 0 Å². The summed E-state index contributed by atoms with van der Waals surface area (Å²) in [4.78, 5) is 2.77. The van der Waals surface area contributed by atoms with E-state index >= 15 is 0 Å². The van der Waals surface area contributed by atoms with Crippen LogP contribution in [-0.4, -0.2) is 24.5 Å². The number of hydrogen-bond donors (Lipinski definition) is 0. The first kappa shape index (κ1) is 29.0. The second kappa shape index (κ2) is 23.1. The Hall–Kier alpha value is -0.0400. The van der Waals surface area contributed by atoms with Gasteiger partial charge < -0.3 is 4.90 Å². The second-order valence-electron chi connectivity index (χ2n) is 10.8. The zero-order valence-corrected chi connectivity index (χ0v) is 22.1. The smallest absolute Gasteiger partial charge is 0.00161 e. The van der Waals surface area contributed by atoms with Gasteiger partial charge in [-0.05, 0) is 44.8 Å². The summed E-state index contributed by atoms with van der Waals surface area (Å²) >= 11 is 0. The number of hydrogen-bond acceptors (Lipinski definition) is 1. The van der Waals surface area contributed by atoms with Crippen LogP contribution in [0.5, 0.6) is 0 Å². The first-order valence-corrected chi connectivity index (χ1v) is 15.1. The van der Waals surface area contributed by atoms with Gasteiger partial charge in [0.1, 0.15) is 0 Å². The Morgan fingerprint density at radius 1 is 0.452 bits per heavy atom. The van der Waals surface area contributed by atoms with E-state index in [0.29, 0.717) is 0 Å². The summed E-state index contributed by atoms with van der Waals surface area (Å²) in [6.07, 6.45) is 35.3. The Kier molecular flexibility index (Phi) is 21.6. The third-order valence-corrected chi connectivity index (χ3v) is 7.75. The highest BCUT2D eigenvalue weighted by atomic mass is 15.1. The quantitative estimate of drug-likeness (QED) is 0.144. The molecule has 1 rings (SSSR count). The average Bonchev–Trinajstić information content (AvgIpc) is 2.79. The van der Waals surface area contributed by atoms with Crippen LogP contribution in [0.4, 0.5) is 0 Å². The molecule has 1 saturated heterocycles. The molecule has 0 aromatic heterocycles. The first-order chi connectivity index (χ1) is 15.4. The molecule has 0 aromatic rings. The van der Waals surface area contributed by atoms with Crippen molar-refractivity contribution < 1.29 is 0 Å². The van der Waals surface area contributed by atoms with Gasteiger partial charge in [-0.2, -0.15) is 0 Å². The van der Waals surface area contributed by atoms with Crippen LogP contribution in [-0.2, 0) is 0 Å². The SMILES string of the molecule is CCCCCCCCCCCCCC1CCN(CCCCCCCCCCCC)CC1. The van der Waals surface area contributed by atoms with Gasteiger partial charge >= 0.3 is 0 Å². The lowest BCUT2D eigenvalue weighted by atomic mass is 9.91. The molecule has 0 N–H and O–H groups in total. The molecule has 1 heteroatoms. The summed E-state index contributed by atoms with van der Waals surface area (Å²) in [5, 5.41) is 0. The maximum absolute atomic E-state index is 2.77. The standard InChI is InChI=1S/C30H61N/c1-3-5-7-9-11-13-15-16-18-20-22-24-30-25-28-31(29-26-30)27-23-21-19-17-14-12-10-8-6-4-2/h30H,3-29H2,1-2H3. The zero-order valence-electron chi connectivity index (χ0n) is 22.1. The lowest BCUT2D eigenvalue weighted by Crippen LogP contribution is -2.34. The van der Waals surface area contributed by atoms with Crippen LogP contribution in [0, 0.1) is 5.92 Å². The predicted molar refractivity (Wildman–Crippen MR) is 142 cm³/mol. The molecular formula is C30H61N. The van der Waals surface area contributed by atoms with Gasteiger partial charge in [-0.15, -0.1) is 0 Å². The molecule has 0 aliphatic carbocycles. The highest BCUT2D eigenvalue weighted by Crippen LogP contribution is 2.24. The van der Waals surface area contributed by atoms with Crippen molar-refractivity contribution in [3.63, 3.8) is 0 Å². The van der Waals surface area contributed by atoms with Crippen molar-refractivity contribution in [3.05, 3.63) is 0 Å². The summed E-state index contributed by atoms with van der Waals surface area (Å²) in [7, 11) is 0. The highest BCUT2D eigenvalue weighted by Gasteiger charge is 2.18. The van der Waals surface area contributed by atoms with Crippen LogP contribution in [0.25, 0.3) is 0 Å². The molecule has 1 nitrogen and oxygen atoms in total. The molecule has 1 fully saturated rings. The molecule has 0 spiro atoms. The van der Waals surface area contributed by atoms with Gasteiger partial charge in [-0.1, -0.05) is 149 Å². The van der Waals surface area contributed by atoms with Crippen LogP contribution >= 0.6 is 0 Å². The van der Waals surface area contributed by atoms with E-state index < -0.39 is 0 Å². The van der Waals surface area contributed by atoms with E-state index in [1.807, 2.05) is 0 Å². The number of unbranched alkanes of at least 4 members (excludes halogenated alkanes) is 19. The molecule has 0 unspecified atom stereocenters. The number of likely N-dealkylation sites (tertiary alicyclic amines) is 1. The maximum atomic E-state index is 2.77. The summed E-state index contributed by atoms with van der Waals surface area (Å²) in [6.45, 7) is 8.77. The molecule has 1 aliphatic rings. The van der Waals surface area contributed by atoms with Gasteiger partial charge in [0.25, 0.3) is 0 Å². The normalized spacial score (nSPS) is 15.7. The van der Waals surface area contributed by atoms with Crippen LogP contribution in [0.3, 0.4) is 0 Å². The molecule has 1 heterocycles. The van der Waals surface area contributed by atoms with Crippen molar-refractivity contribution in [2.24, 2.45) is 5.92 Å². The van der Waals surface area contributed by atoms with E-state index in [9.17, 15) is 0 Å². The van der Waals surface area contributed by atoms with Crippen molar-refractivity contribution in [2.45, 2.75) is 168 Å². The Morgan fingerprint density at radius 2 is 0.806 bits per heavy atom. The van der Waals surface area contributed by atoms with Gasteiger partial charge in [-0.3, -0.25) is 0 Å². The Bertz CT molecular complexity index is 331. The Labute approximate surface area is 198 Å². The van der Waals surface area contributed by atoms with Crippen molar-refractivity contribution >= 4 is 0 Å². The average molecular weight is 436 g/mol. The first-order valence-electron chi connectivity index (χ1n) is 15.1. The lowest BCUT2D eigenvalue weighted by Gasteiger charge is -2.32. The van der Waals surface area contributed by atoms with Gasteiger partial charge in [-0.25, -0.2) is 0 Å². The van der Waals surface area contributed by atoms with E-state index in [0.717, 1.165) is 5.92 Å². The second-order valence-corrected chi connectivity index (χ2v) is 10.8. The van der Waals surface area contributed by atoms with E-state index in [1.165, 1.54) is 174 Å². The van der Waals surface area contributed by atoms with Crippen LogP contribution in [0.15, 0.2) is 0 Å². The van der Waals surface area contributed by atoms with Gasteiger partial charge in [0.05, 0.1) is 0 Å². The largest absolute Gasteiger partial charge is 0.303 e. The Balaban J connectivity index is 1.79. The van der Waals surface area contributed by atoms with E-state index in [-0.39, 0.29) is 0 Å². The van der Waals surface area contributed by atoms with Crippen molar-refractivity contribution in [3.8, 4) is 0 Å². The summed E-state index contributed by atoms with van der Waals surface area (Å²) in [5.41, 5.74) is 0. The number of rotatable bonds is 23. The fourth-order valence-electron chi connectivity index (χ4n) is 5.42. The molecule has 0 atom stereocenters. The number of piperidine rings is 1. The fraction of sp³-hybridized carbons (Fsp3) is 1.00. The molecule has 0 radical (unpaired) electrons. The minimum atomic E-state index is 1.04. The molecule has 1 aliphatic heterocycles. The minimum Gasteiger partial charge on any atom is -0.303 e. The minimum absolute atomic E-state index is 1.04. The van der Waals surface area contributed by atoms with E-state index in [1.54, 1.807) is 0 Å². The number of nitrogens with zero attached hydrogens (tertiary/aromatic N) is 1. The van der Waals surface area contributed by atoms with E-state index in [4.69, 9.17) is 0 Å². The highest BCUT2D eigenvalue weighted by molar-refractivity contribution is 4.72. The summed E-state index contributed by atoms with van der Waals surface area (Å²) < 4.78 is 0. The molecule has 0 saturated carbocycles. The van der Waals surface area contributed by atoms with Crippen LogP contribution in [0.1, 0.15) is 168 Å². The molecule has 0 aromatic carbocycles. The van der Waals surface area contributed by atoms with Crippen LogP contribution < -0.4 is 0 Å². The third kappa shape index (κ3) is 19.2. The summed E-state index contributed by atoms with van der Waals surface area (Å²) in [6, 6.07) is 0. The van der Waals surface area contributed by atoms with Crippen LogP contribution in [0.2, 0.25) is 0 Å². The maximum Gasteiger partial charge on any atom is -0.00161 e. The van der Waals surface area contributed by atoms with Crippen molar-refractivity contribution in [1.82, 2.24) is 4.90 Å². The molecule has 31 heavy (non-hydrogen) atoms. The Morgan fingerprint density at radius 3 is 1.23 bits per heavy atom. The zero-order chi connectivity index (χ0) is 22.2. The van der Waals surface area contributed by atoms with Crippen molar-refractivity contribution in [2.75, 3.05) is 19.6 Å². The molecule has 0 bridgehead atoms. The monoisotopic (exact) mass is 435 g/mol. The summed E-state index contributed by atoms with van der Waals surface area (Å²) in [5.74, 6) is 1.04. The predicted octanol–water partition coefficient (Wildman–Crippen LogP) is 10.3. The molecular weight excluding hydrogens is 374 g/mol. The third-order valence-electron chi connectivity index (χ3n) is 7.75. The van der Waals surface area contributed by atoms with Gasteiger partial charge in [0.15, 0.2) is 0 Å². The fourth-order valence-corrected chi connectivity index (χ4v) is 5.42. The van der Waals surface area contributed by atoms with Crippen molar-refractivity contribution in [1.29, 1.82) is 0 Å². The lowest BCUT2D eigenvalue weighted by molar-refractivity contribution is 0.174.